The summed E-state index contributed by atoms with van der Waals surface area (Å²) in [5.74, 6) is 0.423. The number of hydrogen-bond donors (Lipinski definition) is 1. The predicted octanol–water partition coefficient (Wildman–Crippen LogP) is 5.54. The second-order valence-electron chi connectivity index (χ2n) is 6.96. The van der Waals surface area contributed by atoms with Gasteiger partial charge >= 0.3 is 0 Å². The number of furan rings is 1. The summed E-state index contributed by atoms with van der Waals surface area (Å²) in [6, 6.07) is 19.2. The van der Waals surface area contributed by atoms with Gasteiger partial charge in [-0.05, 0) is 67.5 Å². The van der Waals surface area contributed by atoms with E-state index in [-0.39, 0.29) is 5.91 Å². The van der Waals surface area contributed by atoms with E-state index in [1.54, 1.807) is 24.5 Å². The Kier molecular flexibility index (Phi) is 5.52. The molecule has 0 aliphatic carbocycles. The highest BCUT2D eigenvalue weighted by atomic mass is 16.3. The van der Waals surface area contributed by atoms with Gasteiger partial charge < -0.3 is 4.42 Å². The summed E-state index contributed by atoms with van der Waals surface area (Å²) < 4.78 is 5.21. The van der Waals surface area contributed by atoms with Crippen LogP contribution in [0.25, 0.3) is 28.2 Å². The molecule has 0 saturated carbocycles. The molecule has 5 nitrogen and oxygen atoms in total. The van der Waals surface area contributed by atoms with E-state index in [1.807, 2.05) is 42.5 Å². The van der Waals surface area contributed by atoms with Crippen LogP contribution in [0.1, 0.15) is 27.2 Å². The van der Waals surface area contributed by atoms with Crippen LogP contribution in [0.2, 0.25) is 0 Å². The first-order chi connectivity index (χ1) is 14.6. The molecule has 0 unspecified atom stereocenters. The first kappa shape index (κ1) is 19.3. The van der Waals surface area contributed by atoms with Crippen LogP contribution in [0.15, 0.2) is 82.5 Å². The van der Waals surface area contributed by atoms with E-state index < -0.39 is 0 Å². The van der Waals surface area contributed by atoms with Gasteiger partial charge in [0.15, 0.2) is 0 Å². The molecule has 148 valence electrons. The second-order valence-corrected chi connectivity index (χ2v) is 6.96. The van der Waals surface area contributed by atoms with Crippen molar-refractivity contribution in [1.82, 2.24) is 10.4 Å². The number of nitrogens with zero attached hydrogens (tertiary/aromatic N) is 2. The first-order valence-electron chi connectivity index (χ1n) is 9.63. The van der Waals surface area contributed by atoms with Gasteiger partial charge in [0.25, 0.3) is 5.91 Å². The molecule has 0 atom stereocenters. The Bertz CT molecular complexity index is 1250. The smallest absolute Gasteiger partial charge is 0.272 e. The van der Waals surface area contributed by atoms with E-state index >= 15 is 0 Å². The van der Waals surface area contributed by atoms with Crippen molar-refractivity contribution in [3.05, 3.63) is 95.5 Å². The Morgan fingerprint density at radius 3 is 2.70 bits per heavy atom. The molecule has 2 heterocycles. The third-order valence-electron chi connectivity index (χ3n) is 4.89. The second kappa shape index (κ2) is 8.57. The van der Waals surface area contributed by atoms with Crippen molar-refractivity contribution in [2.45, 2.75) is 13.8 Å². The molecule has 5 heteroatoms. The molecule has 0 spiro atoms. The number of aromatic nitrogens is 1. The predicted molar refractivity (Wildman–Crippen MR) is 120 cm³/mol. The lowest BCUT2D eigenvalue weighted by Crippen LogP contribution is -2.18. The highest BCUT2D eigenvalue weighted by molar-refractivity contribution is 6.07. The van der Waals surface area contributed by atoms with Crippen LogP contribution >= 0.6 is 0 Å². The van der Waals surface area contributed by atoms with Crippen LogP contribution in [0, 0.1) is 13.8 Å². The minimum absolute atomic E-state index is 0.290. The summed E-state index contributed by atoms with van der Waals surface area (Å²) in [5, 5.41) is 4.79. The van der Waals surface area contributed by atoms with Crippen LogP contribution in [-0.2, 0) is 0 Å². The van der Waals surface area contributed by atoms with Gasteiger partial charge in [-0.1, -0.05) is 30.3 Å². The average Bonchev–Trinajstić information content (AvgIpc) is 3.28. The lowest BCUT2D eigenvalue weighted by atomic mass is 10.0. The maximum Gasteiger partial charge on any atom is 0.272 e. The number of aryl methyl sites for hydroxylation is 2. The van der Waals surface area contributed by atoms with E-state index in [9.17, 15) is 4.79 Å². The molecule has 0 radical (unpaired) electrons. The number of amides is 1. The Morgan fingerprint density at radius 1 is 1.03 bits per heavy atom. The fourth-order valence-electron chi connectivity index (χ4n) is 3.14. The van der Waals surface area contributed by atoms with Gasteiger partial charge in [-0.3, -0.25) is 4.79 Å². The zero-order chi connectivity index (χ0) is 20.9. The molecular weight excluding hydrogens is 374 g/mol. The number of benzene rings is 2. The normalized spacial score (nSPS) is 11.5. The molecule has 0 fully saturated rings. The van der Waals surface area contributed by atoms with Gasteiger partial charge in [0.05, 0.1) is 23.0 Å². The van der Waals surface area contributed by atoms with E-state index in [4.69, 9.17) is 9.40 Å². The monoisotopic (exact) mass is 395 g/mol. The summed E-state index contributed by atoms with van der Waals surface area (Å²) in [7, 11) is 0. The largest absolute Gasteiger partial charge is 0.465 e. The van der Waals surface area contributed by atoms with Crippen LogP contribution in [0.3, 0.4) is 0 Å². The van der Waals surface area contributed by atoms with Crippen molar-refractivity contribution in [2.24, 2.45) is 5.10 Å². The van der Waals surface area contributed by atoms with Crippen LogP contribution < -0.4 is 5.43 Å². The summed E-state index contributed by atoms with van der Waals surface area (Å²) in [6.07, 6.45) is 6.56. The van der Waals surface area contributed by atoms with E-state index in [2.05, 4.69) is 36.5 Å². The Labute approximate surface area is 174 Å². The Morgan fingerprint density at radius 2 is 1.90 bits per heavy atom. The van der Waals surface area contributed by atoms with Gasteiger partial charge in [0.1, 0.15) is 5.76 Å². The molecule has 4 rings (SSSR count). The maximum absolute atomic E-state index is 12.9. The average molecular weight is 395 g/mol. The number of para-hydroxylation sites is 1. The van der Waals surface area contributed by atoms with Crippen LogP contribution in [0.5, 0.6) is 0 Å². The standard InChI is InChI=1S/C25H21N3O2/c1-17-11-12-19(15-18(17)2)24-16-22(21-9-3-4-10-23(21)27-24)25(29)28-26-13-5-7-20-8-6-14-30-20/h3-16H,1-2H3,(H,28,29)/b7-5+,26-13?. The zero-order valence-electron chi connectivity index (χ0n) is 16.8. The molecule has 0 aliphatic rings. The van der Waals surface area contributed by atoms with Crippen molar-refractivity contribution >= 4 is 29.1 Å². The van der Waals surface area contributed by atoms with Gasteiger partial charge in [-0.15, -0.1) is 0 Å². The maximum atomic E-state index is 12.9. The fraction of sp³-hybridized carbons (Fsp3) is 0.0800. The van der Waals surface area contributed by atoms with Crippen LogP contribution in [-0.4, -0.2) is 17.1 Å². The molecule has 0 saturated heterocycles. The molecular formula is C25H21N3O2. The lowest BCUT2D eigenvalue weighted by Gasteiger charge is -2.10. The summed E-state index contributed by atoms with van der Waals surface area (Å²) in [6.45, 7) is 4.14. The fourth-order valence-corrected chi connectivity index (χ4v) is 3.14. The van der Waals surface area contributed by atoms with Crippen molar-refractivity contribution in [2.75, 3.05) is 0 Å². The molecule has 1 amide bonds. The van der Waals surface area contributed by atoms with Gasteiger partial charge in [0, 0.05) is 17.2 Å². The highest BCUT2D eigenvalue weighted by Gasteiger charge is 2.13. The molecule has 0 aliphatic heterocycles. The molecule has 4 aromatic rings. The Balaban J connectivity index is 1.63. The van der Waals surface area contributed by atoms with Gasteiger partial charge in [-0.2, -0.15) is 5.10 Å². The van der Waals surface area contributed by atoms with Crippen molar-refractivity contribution in [3.63, 3.8) is 0 Å². The molecule has 0 bridgehead atoms. The topological polar surface area (TPSA) is 67.5 Å². The van der Waals surface area contributed by atoms with E-state index in [0.717, 1.165) is 22.2 Å². The molecule has 30 heavy (non-hydrogen) atoms. The zero-order valence-corrected chi connectivity index (χ0v) is 16.8. The van der Waals surface area contributed by atoms with Crippen molar-refractivity contribution in [1.29, 1.82) is 0 Å². The first-order valence-corrected chi connectivity index (χ1v) is 9.63. The number of allylic oxidation sites excluding steroid dienone is 1. The minimum atomic E-state index is -0.290. The molecule has 1 N–H and O–H groups in total. The number of hydrogen-bond acceptors (Lipinski definition) is 4. The number of carbonyl (C=O) groups is 1. The van der Waals surface area contributed by atoms with Gasteiger partial charge in [0.2, 0.25) is 0 Å². The number of nitrogens with one attached hydrogen (secondary N) is 1. The summed E-state index contributed by atoms with van der Waals surface area (Å²) in [4.78, 5) is 17.6. The summed E-state index contributed by atoms with van der Waals surface area (Å²) >= 11 is 0. The van der Waals surface area contributed by atoms with Crippen molar-refractivity contribution in [3.8, 4) is 11.3 Å². The minimum Gasteiger partial charge on any atom is -0.465 e. The SMILES string of the molecule is Cc1ccc(-c2cc(C(=O)NN=C/C=C/c3ccco3)c3ccccc3n2)cc1C. The quantitative estimate of drug-likeness (QED) is 0.356. The molecule has 2 aromatic heterocycles. The summed E-state index contributed by atoms with van der Waals surface area (Å²) in [5.41, 5.74) is 8.01. The van der Waals surface area contributed by atoms with E-state index in [1.165, 1.54) is 17.3 Å². The number of fused-ring (bicyclic) bond motifs is 1. The van der Waals surface area contributed by atoms with Crippen LogP contribution in [0.4, 0.5) is 0 Å². The van der Waals surface area contributed by atoms with E-state index in [0.29, 0.717) is 11.3 Å². The number of hydrazone groups is 1. The van der Waals surface area contributed by atoms with Crippen molar-refractivity contribution < 1.29 is 9.21 Å². The lowest BCUT2D eigenvalue weighted by molar-refractivity contribution is 0.0957. The number of carbonyl (C=O) groups excluding carboxylic acids is 1. The number of pyridine rings is 1. The third-order valence-corrected chi connectivity index (χ3v) is 4.89. The molecule has 2 aromatic carbocycles. The highest BCUT2D eigenvalue weighted by Crippen LogP contribution is 2.26. The van der Waals surface area contributed by atoms with Gasteiger partial charge in [-0.25, -0.2) is 10.4 Å². The number of rotatable bonds is 5. The Hall–Kier alpha value is -3.99. The third kappa shape index (κ3) is 4.20.